The largest absolute Gasteiger partial charge is 0.463 e. The Balaban J connectivity index is 2.09. The second kappa shape index (κ2) is 7.66. The molecule has 5 nitrogen and oxygen atoms in total. The normalized spacial score (nSPS) is 21.6. The molecule has 2 unspecified atom stereocenters. The van der Waals surface area contributed by atoms with Gasteiger partial charge in [-0.05, 0) is 6.42 Å². The predicted molar refractivity (Wildman–Crippen MR) is 64.8 cm³/mol. The van der Waals surface area contributed by atoms with Gasteiger partial charge in [-0.2, -0.15) is 0 Å². The summed E-state index contributed by atoms with van der Waals surface area (Å²) < 4.78 is 15.1. The maximum Gasteiger partial charge on any atom is 0.330 e. The minimum absolute atomic E-state index is 0.0741. The molecule has 0 aliphatic carbocycles. The van der Waals surface area contributed by atoms with Gasteiger partial charge in [0.15, 0.2) is 0 Å². The van der Waals surface area contributed by atoms with Crippen molar-refractivity contribution in [2.75, 3.05) is 19.8 Å². The number of hydrogen-bond acceptors (Lipinski definition) is 5. The zero-order chi connectivity index (χ0) is 13.4. The number of rotatable bonds is 8. The molecule has 0 bridgehead atoms. The van der Waals surface area contributed by atoms with E-state index in [0.717, 1.165) is 18.6 Å². The number of hydrogen-bond donors (Lipinski definition) is 0. The molecule has 0 radical (unpaired) electrons. The highest BCUT2D eigenvalue weighted by Crippen LogP contribution is 2.26. The molecule has 0 amide bonds. The van der Waals surface area contributed by atoms with Crippen LogP contribution in [0.2, 0.25) is 0 Å². The van der Waals surface area contributed by atoms with Crippen molar-refractivity contribution < 1.29 is 23.8 Å². The van der Waals surface area contributed by atoms with Crippen molar-refractivity contribution in [3.05, 3.63) is 25.3 Å². The van der Waals surface area contributed by atoms with E-state index in [1.54, 1.807) is 0 Å². The molecule has 0 N–H and O–H groups in total. The first-order valence-electron chi connectivity index (χ1n) is 5.87. The average Bonchev–Trinajstić information content (AvgIpc) is 2.37. The third-order valence-electron chi connectivity index (χ3n) is 2.76. The highest BCUT2D eigenvalue weighted by molar-refractivity contribution is 5.81. The van der Waals surface area contributed by atoms with E-state index in [2.05, 4.69) is 13.2 Å². The molecule has 2 atom stereocenters. The van der Waals surface area contributed by atoms with Crippen LogP contribution in [0.3, 0.4) is 0 Å². The SMILES string of the molecule is C=CC(=O)OCCC1COC1CCOC(=O)C=C. The van der Waals surface area contributed by atoms with Crippen molar-refractivity contribution in [2.24, 2.45) is 5.92 Å². The van der Waals surface area contributed by atoms with Crippen molar-refractivity contribution >= 4 is 11.9 Å². The summed E-state index contributed by atoms with van der Waals surface area (Å²) in [5.74, 6) is -0.484. The Labute approximate surface area is 106 Å². The van der Waals surface area contributed by atoms with Crippen LogP contribution in [0.4, 0.5) is 0 Å². The van der Waals surface area contributed by atoms with Gasteiger partial charge >= 0.3 is 11.9 Å². The van der Waals surface area contributed by atoms with Crippen molar-refractivity contribution in [1.82, 2.24) is 0 Å². The Morgan fingerprint density at radius 2 is 1.67 bits per heavy atom. The minimum atomic E-state index is -0.425. The van der Waals surface area contributed by atoms with Crippen LogP contribution in [0.1, 0.15) is 12.8 Å². The monoisotopic (exact) mass is 254 g/mol. The zero-order valence-corrected chi connectivity index (χ0v) is 10.3. The van der Waals surface area contributed by atoms with E-state index < -0.39 is 11.9 Å². The molecule has 0 aromatic carbocycles. The van der Waals surface area contributed by atoms with Crippen LogP contribution in [-0.2, 0) is 23.8 Å². The summed E-state index contributed by atoms with van der Waals surface area (Å²) >= 11 is 0. The first kappa shape index (κ1) is 14.4. The average molecular weight is 254 g/mol. The standard InChI is InChI=1S/C13H18O5/c1-3-12(14)16-7-5-10-9-18-11(10)6-8-17-13(15)4-2/h3-4,10-11H,1-2,5-9H2. The Morgan fingerprint density at radius 3 is 2.11 bits per heavy atom. The van der Waals surface area contributed by atoms with Gasteiger partial charge in [-0.25, -0.2) is 9.59 Å². The molecule has 0 aromatic heterocycles. The first-order chi connectivity index (χ1) is 8.67. The van der Waals surface area contributed by atoms with Crippen LogP contribution < -0.4 is 0 Å². The van der Waals surface area contributed by atoms with Crippen LogP contribution >= 0.6 is 0 Å². The van der Waals surface area contributed by atoms with E-state index >= 15 is 0 Å². The van der Waals surface area contributed by atoms with Crippen LogP contribution in [0, 0.1) is 5.92 Å². The number of ether oxygens (including phenoxy) is 3. The molecule has 0 spiro atoms. The fraction of sp³-hybridized carbons (Fsp3) is 0.538. The second-order valence-corrected chi connectivity index (χ2v) is 3.95. The van der Waals surface area contributed by atoms with Gasteiger partial charge in [0.2, 0.25) is 0 Å². The maximum absolute atomic E-state index is 10.8. The van der Waals surface area contributed by atoms with Crippen molar-refractivity contribution in [1.29, 1.82) is 0 Å². The summed E-state index contributed by atoms with van der Waals surface area (Å²) in [6, 6.07) is 0. The Hall–Kier alpha value is -1.62. The van der Waals surface area contributed by atoms with E-state index in [4.69, 9.17) is 14.2 Å². The molecule has 1 aliphatic rings. The molecule has 100 valence electrons. The van der Waals surface area contributed by atoms with Crippen LogP contribution in [0.15, 0.2) is 25.3 Å². The number of carbonyl (C=O) groups excluding carboxylic acids is 2. The fourth-order valence-corrected chi connectivity index (χ4v) is 1.66. The molecular weight excluding hydrogens is 236 g/mol. The second-order valence-electron chi connectivity index (χ2n) is 3.95. The number of esters is 2. The molecule has 1 heterocycles. The van der Waals surface area contributed by atoms with Gasteiger partial charge in [0.05, 0.1) is 25.9 Å². The van der Waals surface area contributed by atoms with Crippen LogP contribution in [0.5, 0.6) is 0 Å². The van der Waals surface area contributed by atoms with Gasteiger partial charge in [-0.15, -0.1) is 0 Å². The Bertz CT molecular complexity index is 291. The summed E-state index contributed by atoms with van der Waals surface area (Å²) in [5, 5.41) is 0. The van der Waals surface area contributed by atoms with E-state index in [0.29, 0.717) is 32.2 Å². The van der Waals surface area contributed by atoms with Crippen molar-refractivity contribution in [2.45, 2.75) is 18.9 Å². The quantitative estimate of drug-likeness (QED) is 0.481. The van der Waals surface area contributed by atoms with Crippen LogP contribution in [-0.4, -0.2) is 37.9 Å². The van der Waals surface area contributed by atoms with Gasteiger partial charge in [0.25, 0.3) is 0 Å². The first-order valence-corrected chi connectivity index (χ1v) is 5.87. The van der Waals surface area contributed by atoms with E-state index in [1.165, 1.54) is 0 Å². The molecule has 18 heavy (non-hydrogen) atoms. The van der Waals surface area contributed by atoms with Gasteiger partial charge < -0.3 is 14.2 Å². The van der Waals surface area contributed by atoms with E-state index in [-0.39, 0.29) is 6.10 Å². The molecule has 1 fully saturated rings. The van der Waals surface area contributed by atoms with Gasteiger partial charge in [0, 0.05) is 24.5 Å². The summed E-state index contributed by atoms with van der Waals surface area (Å²) in [7, 11) is 0. The summed E-state index contributed by atoms with van der Waals surface area (Å²) in [4.78, 5) is 21.6. The molecule has 1 rings (SSSR count). The van der Waals surface area contributed by atoms with Gasteiger partial charge in [-0.3, -0.25) is 0 Å². The molecule has 0 aromatic rings. The lowest BCUT2D eigenvalue weighted by Gasteiger charge is -2.36. The third kappa shape index (κ3) is 4.71. The fourth-order valence-electron chi connectivity index (χ4n) is 1.66. The molecular formula is C13H18O5. The van der Waals surface area contributed by atoms with Crippen molar-refractivity contribution in [3.8, 4) is 0 Å². The summed E-state index contributed by atoms with van der Waals surface area (Å²) in [6.45, 7) is 7.97. The van der Waals surface area contributed by atoms with E-state index in [1.807, 2.05) is 0 Å². The van der Waals surface area contributed by atoms with Crippen LogP contribution in [0.25, 0.3) is 0 Å². The lowest BCUT2D eigenvalue weighted by Crippen LogP contribution is -2.41. The lowest BCUT2D eigenvalue weighted by atomic mass is 9.92. The topological polar surface area (TPSA) is 61.8 Å². The molecule has 1 saturated heterocycles. The minimum Gasteiger partial charge on any atom is -0.463 e. The van der Waals surface area contributed by atoms with Crippen molar-refractivity contribution in [3.63, 3.8) is 0 Å². The Morgan fingerprint density at radius 1 is 1.11 bits per heavy atom. The molecule has 1 aliphatic heterocycles. The predicted octanol–water partition coefficient (Wildman–Crippen LogP) is 1.24. The highest BCUT2D eigenvalue weighted by Gasteiger charge is 2.31. The van der Waals surface area contributed by atoms with Gasteiger partial charge in [0.1, 0.15) is 0 Å². The molecule has 5 heteroatoms. The third-order valence-corrected chi connectivity index (χ3v) is 2.76. The Kier molecular flexibility index (Phi) is 6.14. The highest BCUT2D eigenvalue weighted by atomic mass is 16.5. The zero-order valence-electron chi connectivity index (χ0n) is 10.3. The molecule has 0 saturated carbocycles. The maximum atomic E-state index is 10.8. The number of carbonyl (C=O) groups is 2. The van der Waals surface area contributed by atoms with Gasteiger partial charge in [-0.1, -0.05) is 13.2 Å². The summed E-state index contributed by atoms with van der Waals surface area (Å²) in [5.41, 5.74) is 0. The smallest absolute Gasteiger partial charge is 0.330 e. The lowest BCUT2D eigenvalue weighted by molar-refractivity contribution is -0.152. The van der Waals surface area contributed by atoms with E-state index in [9.17, 15) is 9.59 Å². The summed E-state index contributed by atoms with van der Waals surface area (Å²) in [6.07, 6.45) is 3.75.